The largest absolute Gasteiger partial charge is 0.342 e. The molecule has 0 bridgehead atoms. The maximum absolute atomic E-state index is 13.0. The van der Waals surface area contributed by atoms with E-state index < -0.39 is 10.0 Å². The summed E-state index contributed by atoms with van der Waals surface area (Å²) in [7, 11) is -3.61. The fourth-order valence-corrected chi connectivity index (χ4v) is 7.27. The van der Waals surface area contributed by atoms with Crippen LogP contribution in [-0.2, 0) is 14.8 Å². The molecule has 28 heavy (non-hydrogen) atoms. The number of sulfonamides is 1. The van der Waals surface area contributed by atoms with E-state index in [4.69, 9.17) is 0 Å². The maximum atomic E-state index is 13.0. The Morgan fingerprint density at radius 2 is 1.50 bits per heavy atom. The van der Waals surface area contributed by atoms with E-state index in [2.05, 4.69) is 0 Å². The molecule has 4 heterocycles. The molecule has 0 spiro atoms. The van der Waals surface area contributed by atoms with Crippen LogP contribution in [0.3, 0.4) is 0 Å². The predicted molar refractivity (Wildman–Crippen MR) is 107 cm³/mol. The zero-order valence-electron chi connectivity index (χ0n) is 16.0. The van der Waals surface area contributed by atoms with Crippen molar-refractivity contribution in [1.29, 1.82) is 0 Å². The van der Waals surface area contributed by atoms with Crippen LogP contribution in [0.4, 0.5) is 0 Å². The van der Waals surface area contributed by atoms with Crippen molar-refractivity contribution in [3.05, 3.63) is 16.3 Å². The minimum absolute atomic E-state index is 0.0155. The molecule has 9 heteroatoms. The van der Waals surface area contributed by atoms with Crippen molar-refractivity contribution in [3.8, 4) is 0 Å². The molecule has 2 amide bonds. The highest BCUT2D eigenvalue weighted by molar-refractivity contribution is 7.89. The molecule has 0 aromatic carbocycles. The van der Waals surface area contributed by atoms with Gasteiger partial charge in [0.05, 0.1) is 0 Å². The molecular formula is C19H27N3O4S2. The summed E-state index contributed by atoms with van der Waals surface area (Å²) in [5, 5.41) is 1.68. The van der Waals surface area contributed by atoms with Crippen molar-refractivity contribution in [2.75, 3.05) is 39.3 Å². The Balaban J connectivity index is 1.42. The molecule has 1 aromatic heterocycles. The minimum Gasteiger partial charge on any atom is -0.342 e. The summed E-state index contributed by atoms with van der Waals surface area (Å²) in [6.45, 7) is 3.76. The van der Waals surface area contributed by atoms with Crippen LogP contribution in [0.15, 0.2) is 16.3 Å². The number of piperidine rings is 1. The minimum atomic E-state index is -3.61. The lowest BCUT2D eigenvalue weighted by atomic mass is 9.95. The van der Waals surface area contributed by atoms with Gasteiger partial charge in [0, 0.05) is 45.2 Å². The van der Waals surface area contributed by atoms with Crippen LogP contribution in [0, 0.1) is 5.92 Å². The van der Waals surface area contributed by atoms with Gasteiger partial charge in [0.1, 0.15) is 9.77 Å². The van der Waals surface area contributed by atoms with Crippen LogP contribution in [0.5, 0.6) is 0 Å². The number of thiophene rings is 1. The Kier molecular flexibility index (Phi) is 5.76. The lowest BCUT2D eigenvalue weighted by Crippen LogP contribution is -2.44. The van der Waals surface area contributed by atoms with Crippen molar-refractivity contribution < 1.29 is 18.0 Å². The molecule has 3 aliphatic heterocycles. The summed E-state index contributed by atoms with van der Waals surface area (Å²) in [4.78, 5) is 29.7. The first kappa shape index (κ1) is 19.8. The van der Waals surface area contributed by atoms with Gasteiger partial charge in [0.2, 0.25) is 15.9 Å². The van der Waals surface area contributed by atoms with Gasteiger partial charge in [0.25, 0.3) is 5.91 Å². The van der Waals surface area contributed by atoms with Crippen LogP contribution in [0.25, 0.3) is 0 Å². The van der Waals surface area contributed by atoms with E-state index in [1.165, 1.54) is 15.6 Å². The lowest BCUT2D eigenvalue weighted by molar-refractivity contribution is -0.135. The molecule has 0 atom stereocenters. The van der Waals surface area contributed by atoms with Gasteiger partial charge in [-0.3, -0.25) is 9.59 Å². The van der Waals surface area contributed by atoms with Gasteiger partial charge < -0.3 is 9.80 Å². The number of carbonyl (C=O) groups is 2. The number of likely N-dealkylation sites (tertiary alicyclic amines) is 2. The first-order valence-corrected chi connectivity index (χ1v) is 12.5. The van der Waals surface area contributed by atoms with Gasteiger partial charge in [-0.15, -0.1) is 11.3 Å². The van der Waals surface area contributed by atoms with Crippen LogP contribution in [-0.4, -0.2) is 73.6 Å². The van der Waals surface area contributed by atoms with Crippen LogP contribution in [0.1, 0.15) is 48.2 Å². The third-order valence-electron chi connectivity index (χ3n) is 6.06. The molecule has 3 fully saturated rings. The van der Waals surface area contributed by atoms with E-state index in [9.17, 15) is 18.0 Å². The topological polar surface area (TPSA) is 78.0 Å². The molecule has 1 aromatic rings. The first-order valence-electron chi connectivity index (χ1n) is 10.1. The van der Waals surface area contributed by atoms with Gasteiger partial charge in [-0.05, 0) is 50.0 Å². The zero-order valence-corrected chi connectivity index (χ0v) is 17.6. The Morgan fingerprint density at radius 3 is 2.14 bits per heavy atom. The summed E-state index contributed by atoms with van der Waals surface area (Å²) >= 11 is 1.19. The Bertz CT molecular complexity index is 831. The number of nitrogens with zero attached hydrogens (tertiary/aromatic N) is 3. The highest BCUT2D eigenvalue weighted by Gasteiger charge is 2.35. The smallest absolute Gasteiger partial charge is 0.265 e. The third-order valence-corrected chi connectivity index (χ3v) is 9.03. The number of carbonyl (C=O) groups excluding carboxylic acids is 2. The number of hydrogen-bond acceptors (Lipinski definition) is 5. The molecule has 0 saturated carbocycles. The van der Waals surface area contributed by atoms with Crippen molar-refractivity contribution in [2.45, 2.75) is 43.4 Å². The van der Waals surface area contributed by atoms with Gasteiger partial charge in [-0.2, -0.15) is 4.31 Å². The molecule has 7 nitrogen and oxygen atoms in total. The van der Waals surface area contributed by atoms with E-state index in [0.717, 1.165) is 38.8 Å². The van der Waals surface area contributed by atoms with Crippen molar-refractivity contribution >= 4 is 33.2 Å². The van der Waals surface area contributed by atoms with Gasteiger partial charge in [0.15, 0.2) is 0 Å². The van der Waals surface area contributed by atoms with Gasteiger partial charge >= 0.3 is 0 Å². The van der Waals surface area contributed by atoms with E-state index in [0.29, 0.717) is 43.9 Å². The molecule has 3 aliphatic rings. The molecule has 154 valence electrons. The molecule has 0 N–H and O–H groups in total. The second kappa shape index (κ2) is 8.12. The van der Waals surface area contributed by atoms with Crippen LogP contribution < -0.4 is 0 Å². The molecule has 0 unspecified atom stereocenters. The number of rotatable bonds is 4. The summed E-state index contributed by atoms with van der Waals surface area (Å²) < 4.78 is 27.3. The normalized spacial score (nSPS) is 22.1. The molecule has 0 radical (unpaired) electrons. The highest BCUT2D eigenvalue weighted by Crippen LogP contribution is 2.30. The van der Waals surface area contributed by atoms with Crippen LogP contribution in [0.2, 0.25) is 0 Å². The fourth-order valence-electron chi connectivity index (χ4n) is 4.39. The first-order chi connectivity index (χ1) is 13.5. The number of amides is 2. The standard InChI is InChI=1S/C19H27N3O4S2/c23-18(20-8-1-2-9-20)15-5-12-21(13-6-15)19(24)17-16(7-14-27-17)28(25,26)22-10-3-4-11-22/h7,14-15H,1-6,8-13H2. The van der Waals surface area contributed by atoms with E-state index >= 15 is 0 Å². The SMILES string of the molecule is O=C(c1sccc1S(=O)(=O)N1CCCC1)N1CCC(C(=O)N2CCCC2)CC1. The predicted octanol–water partition coefficient (Wildman–Crippen LogP) is 2.01. The average Bonchev–Trinajstić information content (AvgIpc) is 3.48. The van der Waals surface area contributed by atoms with Gasteiger partial charge in [-0.25, -0.2) is 8.42 Å². The van der Waals surface area contributed by atoms with E-state index in [1.54, 1.807) is 16.3 Å². The van der Waals surface area contributed by atoms with Crippen molar-refractivity contribution in [2.24, 2.45) is 5.92 Å². The summed E-state index contributed by atoms with van der Waals surface area (Å²) in [6, 6.07) is 1.55. The highest BCUT2D eigenvalue weighted by atomic mass is 32.2. The van der Waals surface area contributed by atoms with Gasteiger partial charge in [-0.1, -0.05) is 0 Å². The van der Waals surface area contributed by atoms with E-state index in [-0.39, 0.29) is 22.6 Å². The average molecular weight is 426 g/mol. The lowest BCUT2D eigenvalue weighted by Gasteiger charge is -2.33. The van der Waals surface area contributed by atoms with Crippen molar-refractivity contribution in [1.82, 2.24) is 14.1 Å². The molecule has 0 aliphatic carbocycles. The summed E-state index contributed by atoms with van der Waals surface area (Å²) in [6.07, 6.45) is 5.20. The van der Waals surface area contributed by atoms with E-state index in [1.807, 2.05) is 4.90 Å². The Hall–Kier alpha value is -1.45. The Morgan fingerprint density at radius 1 is 0.893 bits per heavy atom. The molecular weight excluding hydrogens is 398 g/mol. The maximum Gasteiger partial charge on any atom is 0.265 e. The monoisotopic (exact) mass is 425 g/mol. The molecule has 3 saturated heterocycles. The molecule has 4 rings (SSSR count). The second-order valence-corrected chi connectivity index (χ2v) is 10.6. The summed E-state index contributed by atoms with van der Waals surface area (Å²) in [5.41, 5.74) is 0. The number of hydrogen-bond donors (Lipinski definition) is 0. The fraction of sp³-hybridized carbons (Fsp3) is 0.684. The Labute approximate surface area is 170 Å². The van der Waals surface area contributed by atoms with Crippen molar-refractivity contribution in [3.63, 3.8) is 0 Å². The van der Waals surface area contributed by atoms with Crippen LogP contribution >= 0.6 is 11.3 Å². The third kappa shape index (κ3) is 3.71. The zero-order chi connectivity index (χ0) is 19.7. The second-order valence-electron chi connectivity index (χ2n) is 7.82. The quantitative estimate of drug-likeness (QED) is 0.739. The summed E-state index contributed by atoms with van der Waals surface area (Å²) in [5.74, 6) is -0.0174.